The van der Waals surface area contributed by atoms with E-state index in [-0.39, 0.29) is 12.4 Å². The highest BCUT2D eigenvalue weighted by Gasteiger charge is 2.14. The molecule has 126 valence electrons. The molecule has 0 bridgehead atoms. The maximum atomic E-state index is 12.9. The molecule has 0 N–H and O–H groups in total. The third kappa shape index (κ3) is 3.16. The monoisotopic (exact) mass is 356 g/mol. The van der Waals surface area contributed by atoms with Crippen LogP contribution in [0.1, 0.15) is 5.01 Å². The van der Waals surface area contributed by atoms with Crippen LogP contribution in [0.3, 0.4) is 0 Å². The van der Waals surface area contributed by atoms with Crippen molar-refractivity contribution in [3.8, 4) is 22.9 Å². The molecule has 0 saturated carbocycles. The van der Waals surface area contributed by atoms with Gasteiger partial charge in [0, 0.05) is 5.56 Å². The number of nitrogens with zero attached hydrogens (tertiary/aromatic N) is 4. The zero-order valence-electron chi connectivity index (χ0n) is 13.2. The van der Waals surface area contributed by atoms with E-state index < -0.39 is 0 Å². The summed E-state index contributed by atoms with van der Waals surface area (Å²) in [6.45, 7) is 0.275. The molecule has 2 heterocycles. The number of aromatic nitrogens is 4. The summed E-state index contributed by atoms with van der Waals surface area (Å²) in [6, 6.07) is 13.4. The Morgan fingerprint density at radius 2 is 1.92 bits per heavy atom. The molecule has 6 nitrogen and oxygen atoms in total. The Morgan fingerprint density at radius 3 is 2.72 bits per heavy atom. The van der Waals surface area contributed by atoms with E-state index in [0.717, 1.165) is 16.3 Å². The van der Waals surface area contributed by atoms with Crippen LogP contribution in [0, 0.1) is 5.82 Å². The second-order valence-electron chi connectivity index (χ2n) is 5.19. The summed E-state index contributed by atoms with van der Waals surface area (Å²) in [5.41, 5.74) is 0.864. The largest absolute Gasteiger partial charge is 0.497 e. The van der Waals surface area contributed by atoms with Gasteiger partial charge in [-0.05, 0) is 36.4 Å². The van der Waals surface area contributed by atoms with Crippen LogP contribution in [0.2, 0.25) is 0 Å². The van der Waals surface area contributed by atoms with Crippen LogP contribution in [-0.4, -0.2) is 26.9 Å². The van der Waals surface area contributed by atoms with Gasteiger partial charge < -0.3 is 9.47 Å². The molecule has 25 heavy (non-hydrogen) atoms. The number of hydrogen-bond acceptors (Lipinski definition) is 6. The van der Waals surface area contributed by atoms with Crippen molar-refractivity contribution in [2.75, 3.05) is 7.11 Å². The van der Waals surface area contributed by atoms with E-state index in [4.69, 9.17) is 9.47 Å². The Hall–Kier alpha value is -3.00. The van der Waals surface area contributed by atoms with Gasteiger partial charge in [-0.3, -0.25) is 0 Å². The molecule has 2 aromatic carbocycles. The molecule has 0 amide bonds. The molecule has 8 heteroatoms. The smallest absolute Gasteiger partial charge is 0.235 e. The van der Waals surface area contributed by atoms with Crippen molar-refractivity contribution < 1.29 is 13.9 Å². The zero-order chi connectivity index (χ0) is 17.2. The molecular weight excluding hydrogens is 343 g/mol. The summed E-state index contributed by atoms with van der Waals surface area (Å²) in [7, 11) is 1.62. The van der Waals surface area contributed by atoms with Crippen molar-refractivity contribution >= 4 is 16.3 Å². The van der Waals surface area contributed by atoms with Crippen LogP contribution < -0.4 is 9.47 Å². The molecule has 0 aliphatic rings. The minimum atomic E-state index is -0.297. The average molecular weight is 356 g/mol. The van der Waals surface area contributed by atoms with Crippen molar-refractivity contribution in [3.05, 3.63) is 59.4 Å². The molecule has 4 aromatic rings. The number of ether oxygens (including phenoxy) is 2. The Kier molecular flexibility index (Phi) is 4.02. The van der Waals surface area contributed by atoms with Crippen molar-refractivity contribution in [2.24, 2.45) is 0 Å². The summed E-state index contributed by atoms with van der Waals surface area (Å²) < 4.78 is 25.5. The van der Waals surface area contributed by atoms with E-state index in [0.29, 0.717) is 16.5 Å². The van der Waals surface area contributed by atoms with Crippen molar-refractivity contribution in [3.63, 3.8) is 0 Å². The quantitative estimate of drug-likeness (QED) is 0.547. The predicted molar refractivity (Wildman–Crippen MR) is 91.4 cm³/mol. The molecule has 0 aliphatic carbocycles. The van der Waals surface area contributed by atoms with E-state index in [1.165, 1.54) is 23.5 Å². The van der Waals surface area contributed by atoms with Crippen molar-refractivity contribution in [1.29, 1.82) is 0 Å². The van der Waals surface area contributed by atoms with E-state index >= 15 is 0 Å². The second kappa shape index (κ2) is 6.48. The molecule has 4 rings (SSSR count). The topological polar surface area (TPSA) is 61.5 Å². The van der Waals surface area contributed by atoms with Gasteiger partial charge in [-0.2, -0.15) is 9.61 Å². The lowest BCUT2D eigenvalue weighted by atomic mass is 10.2. The minimum absolute atomic E-state index is 0.275. The normalized spacial score (nSPS) is 11.0. The molecule has 0 fully saturated rings. The van der Waals surface area contributed by atoms with Gasteiger partial charge in [0.05, 0.1) is 7.11 Å². The van der Waals surface area contributed by atoms with Gasteiger partial charge in [0.15, 0.2) is 10.8 Å². The first-order valence-electron chi connectivity index (χ1n) is 7.47. The number of methoxy groups -OCH3 is 1. The number of hydrogen-bond donors (Lipinski definition) is 0. The van der Waals surface area contributed by atoms with Gasteiger partial charge in [-0.1, -0.05) is 23.5 Å². The van der Waals surface area contributed by atoms with Crippen LogP contribution >= 0.6 is 11.3 Å². The molecule has 0 spiro atoms. The Balaban J connectivity index is 1.58. The van der Waals surface area contributed by atoms with Gasteiger partial charge in [-0.25, -0.2) is 4.39 Å². The second-order valence-corrected chi connectivity index (χ2v) is 6.23. The third-order valence-corrected chi connectivity index (χ3v) is 4.41. The number of rotatable bonds is 5. The van der Waals surface area contributed by atoms with Gasteiger partial charge in [0.25, 0.3) is 0 Å². The van der Waals surface area contributed by atoms with Gasteiger partial charge in [0.1, 0.15) is 23.9 Å². The summed E-state index contributed by atoms with van der Waals surface area (Å²) in [5, 5.41) is 13.6. The third-order valence-electron chi connectivity index (χ3n) is 3.54. The van der Waals surface area contributed by atoms with Gasteiger partial charge >= 0.3 is 0 Å². The Bertz CT molecular complexity index is 1010. The molecular formula is C17H13FN4O2S. The van der Waals surface area contributed by atoms with Gasteiger partial charge in [0.2, 0.25) is 4.96 Å². The first kappa shape index (κ1) is 15.5. The standard InChI is InChI=1S/C17H13FN4O2S/c1-23-14-4-2-3-11(9-14)16-19-20-17-22(16)21-15(25-17)10-24-13-7-5-12(18)6-8-13/h2-9H,10H2,1H3. The average Bonchev–Trinajstić information content (AvgIpc) is 3.21. The van der Waals surface area contributed by atoms with Crippen LogP contribution in [-0.2, 0) is 6.61 Å². The zero-order valence-corrected chi connectivity index (χ0v) is 14.0. The summed E-state index contributed by atoms with van der Waals surface area (Å²) in [4.78, 5) is 0.676. The molecule has 0 radical (unpaired) electrons. The van der Waals surface area contributed by atoms with Crippen molar-refractivity contribution in [2.45, 2.75) is 6.61 Å². The first-order chi connectivity index (χ1) is 12.2. The fourth-order valence-corrected chi connectivity index (χ4v) is 3.08. The number of benzene rings is 2. The maximum Gasteiger partial charge on any atom is 0.235 e. The van der Waals surface area contributed by atoms with Crippen LogP contribution in [0.15, 0.2) is 48.5 Å². The summed E-state index contributed by atoms with van der Waals surface area (Å²) >= 11 is 1.39. The molecule has 2 aromatic heterocycles. The lowest BCUT2D eigenvalue weighted by Gasteiger charge is -2.03. The summed E-state index contributed by atoms with van der Waals surface area (Å²) in [5.74, 6) is 1.66. The molecule has 0 aliphatic heterocycles. The Labute approximate surface area is 146 Å². The molecule has 0 atom stereocenters. The minimum Gasteiger partial charge on any atom is -0.497 e. The fraction of sp³-hybridized carbons (Fsp3) is 0.118. The number of fused-ring (bicyclic) bond motifs is 1. The fourth-order valence-electron chi connectivity index (χ4n) is 2.33. The summed E-state index contributed by atoms with van der Waals surface area (Å²) in [6.07, 6.45) is 0. The van der Waals surface area contributed by atoms with Crippen molar-refractivity contribution in [1.82, 2.24) is 19.8 Å². The van der Waals surface area contributed by atoms with E-state index in [2.05, 4.69) is 15.3 Å². The van der Waals surface area contributed by atoms with E-state index in [9.17, 15) is 4.39 Å². The van der Waals surface area contributed by atoms with E-state index in [1.807, 2.05) is 24.3 Å². The SMILES string of the molecule is COc1cccc(-c2nnc3sc(COc4ccc(F)cc4)nn23)c1. The maximum absolute atomic E-state index is 12.9. The van der Waals surface area contributed by atoms with Crippen LogP contribution in [0.4, 0.5) is 4.39 Å². The molecule has 0 unspecified atom stereocenters. The van der Waals surface area contributed by atoms with Crippen LogP contribution in [0.5, 0.6) is 11.5 Å². The van der Waals surface area contributed by atoms with Crippen LogP contribution in [0.25, 0.3) is 16.3 Å². The van der Waals surface area contributed by atoms with E-state index in [1.54, 1.807) is 23.8 Å². The number of halogens is 1. The highest BCUT2D eigenvalue weighted by atomic mass is 32.1. The predicted octanol–water partition coefficient (Wildman–Crippen LogP) is 3.58. The Morgan fingerprint density at radius 1 is 1.08 bits per heavy atom. The highest BCUT2D eigenvalue weighted by Crippen LogP contribution is 2.25. The first-order valence-corrected chi connectivity index (χ1v) is 8.28. The van der Waals surface area contributed by atoms with Gasteiger partial charge in [-0.15, -0.1) is 10.2 Å². The highest BCUT2D eigenvalue weighted by molar-refractivity contribution is 7.16. The lowest BCUT2D eigenvalue weighted by molar-refractivity contribution is 0.303. The molecule has 0 saturated heterocycles. The lowest BCUT2D eigenvalue weighted by Crippen LogP contribution is -1.97.